The number of rotatable bonds is 29. The maximum atomic E-state index is 13.6. The molecule has 0 saturated carbocycles. The Morgan fingerprint density at radius 1 is 0.531 bits per heavy atom. The number of primary amides is 1. The largest absolute Gasteiger partial charge is 0.481 e. The normalized spacial score (nSPS) is 15.6. The lowest BCUT2D eigenvalue weighted by atomic mass is 10.0. The highest BCUT2D eigenvalue weighted by Crippen LogP contribution is 2.09. The number of hydrogen-bond acceptors (Lipinski definition) is 16. The quantitative estimate of drug-likeness (QED) is 0.0331. The van der Waals surface area contributed by atoms with Crippen LogP contribution in [0.15, 0.2) is 0 Å². The fraction of sp³-hybridized carbons (Fsp3) is 0.667. The fourth-order valence-electron chi connectivity index (χ4n) is 5.18. The van der Waals surface area contributed by atoms with E-state index >= 15 is 0 Å². The number of amides is 10. The second kappa shape index (κ2) is 28.2. The summed E-state index contributed by atoms with van der Waals surface area (Å²) >= 11 is 0. The molecule has 0 aromatic heterocycles. The number of carbonyl (C=O) groups excluding carboxylic acids is 10. The van der Waals surface area contributed by atoms with E-state index in [1.807, 2.05) is 10.6 Å². The number of carbonyl (C=O) groups is 12. The molecule has 10 atom stereocenters. The molecule has 18 N–H and O–H groups in total. The number of hydrogen-bond donors (Lipinski definition) is 16. The predicted molar refractivity (Wildman–Crippen MR) is 217 cm³/mol. The molecule has 0 aliphatic rings. The van der Waals surface area contributed by atoms with E-state index in [-0.39, 0.29) is 18.8 Å². The van der Waals surface area contributed by atoms with Gasteiger partial charge in [0, 0.05) is 6.42 Å². The Morgan fingerprint density at radius 2 is 0.984 bits per heavy atom. The van der Waals surface area contributed by atoms with E-state index in [1.165, 1.54) is 6.92 Å². The Morgan fingerprint density at radius 3 is 1.41 bits per heavy atom. The Bertz CT molecular complexity index is 1710. The molecule has 0 heterocycles. The van der Waals surface area contributed by atoms with Gasteiger partial charge in [0.2, 0.25) is 59.1 Å². The summed E-state index contributed by atoms with van der Waals surface area (Å²) in [4.78, 5) is 149. The van der Waals surface area contributed by atoms with Crippen LogP contribution in [0.2, 0.25) is 0 Å². The zero-order valence-electron chi connectivity index (χ0n) is 36.1. The second-order valence-electron chi connectivity index (χ2n) is 15.0. The molecule has 0 saturated heterocycles. The highest BCUT2D eigenvalue weighted by Gasteiger charge is 2.36. The van der Waals surface area contributed by atoms with Gasteiger partial charge in [0.05, 0.1) is 44.4 Å². The average Bonchev–Trinajstić information content (AvgIpc) is 3.18. The first kappa shape index (κ1) is 57.5. The summed E-state index contributed by atoms with van der Waals surface area (Å²) < 4.78 is 0. The summed E-state index contributed by atoms with van der Waals surface area (Å²) in [7, 11) is 0. The van der Waals surface area contributed by atoms with Gasteiger partial charge in [-0.15, -0.1) is 0 Å². The van der Waals surface area contributed by atoms with Gasteiger partial charge < -0.3 is 84.9 Å². The van der Waals surface area contributed by atoms with E-state index in [0.29, 0.717) is 0 Å². The zero-order chi connectivity index (χ0) is 49.6. The fourth-order valence-corrected chi connectivity index (χ4v) is 5.18. The van der Waals surface area contributed by atoms with Gasteiger partial charge in [0.1, 0.15) is 42.3 Å². The van der Waals surface area contributed by atoms with Crippen molar-refractivity contribution in [1.82, 2.24) is 47.9 Å². The molecule has 0 aromatic rings. The maximum Gasteiger partial charge on any atom is 0.326 e. The first-order chi connectivity index (χ1) is 29.6. The van der Waals surface area contributed by atoms with Crippen molar-refractivity contribution in [1.29, 1.82) is 0 Å². The summed E-state index contributed by atoms with van der Waals surface area (Å²) in [6.45, 7) is 5.49. The molecule has 0 unspecified atom stereocenters. The Labute approximate surface area is 366 Å². The molecule has 0 radical (unpaired) electrons. The summed E-state index contributed by atoms with van der Waals surface area (Å²) in [5.74, 6) is -13.7. The van der Waals surface area contributed by atoms with Crippen molar-refractivity contribution in [3.8, 4) is 0 Å². The Balaban J connectivity index is 5.87. The molecule has 28 heteroatoms. The second-order valence-corrected chi connectivity index (χ2v) is 15.0. The molecule has 10 amide bonds. The topological polar surface area (TPSA) is 466 Å². The van der Waals surface area contributed by atoms with Gasteiger partial charge in [-0.1, -0.05) is 13.8 Å². The number of aliphatic carboxylic acids is 2. The van der Waals surface area contributed by atoms with Gasteiger partial charge in [-0.2, -0.15) is 0 Å². The summed E-state index contributed by atoms with van der Waals surface area (Å²) in [6.07, 6.45) is -5.12. The summed E-state index contributed by atoms with van der Waals surface area (Å²) in [5, 5.41) is 68.0. The van der Waals surface area contributed by atoms with Crippen LogP contribution >= 0.6 is 0 Å². The number of aliphatic hydroxyl groups is 3. The van der Waals surface area contributed by atoms with Gasteiger partial charge in [0.25, 0.3) is 0 Å². The third kappa shape index (κ3) is 22.0. The first-order valence-corrected chi connectivity index (χ1v) is 19.7. The van der Waals surface area contributed by atoms with E-state index in [1.54, 1.807) is 13.8 Å². The number of aliphatic hydroxyl groups excluding tert-OH is 3. The van der Waals surface area contributed by atoms with Crippen molar-refractivity contribution in [2.75, 3.05) is 19.7 Å². The predicted octanol–water partition coefficient (Wildman–Crippen LogP) is -8.40. The molecule has 28 nitrogen and oxygen atoms in total. The van der Waals surface area contributed by atoms with Crippen molar-refractivity contribution in [3.63, 3.8) is 0 Å². The van der Waals surface area contributed by atoms with Gasteiger partial charge in [-0.3, -0.25) is 52.7 Å². The van der Waals surface area contributed by atoms with Gasteiger partial charge in [0.15, 0.2) is 0 Å². The van der Waals surface area contributed by atoms with Crippen LogP contribution in [0.3, 0.4) is 0 Å². The molecule has 0 spiro atoms. The van der Waals surface area contributed by atoms with Crippen LogP contribution in [0.25, 0.3) is 0 Å². The smallest absolute Gasteiger partial charge is 0.326 e. The first-order valence-electron chi connectivity index (χ1n) is 19.7. The molecule has 362 valence electrons. The van der Waals surface area contributed by atoms with Crippen LogP contribution in [0, 0.1) is 5.92 Å². The molecule has 0 aliphatic heterocycles. The monoisotopic (exact) mass is 919 g/mol. The molecule has 64 heavy (non-hydrogen) atoms. The van der Waals surface area contributed by atoms with Crippen molar-refractivity contribution in [2.24, 2.45) is 17.4 Å². The summed E-state index contributed by atoms with van der Waals surface area (Å²) in [6, 6.07) is -12.6. The third-order valence-electron chi connectivity index (χ3n) is 8.64. The number of carboxylic acid groups (broad SMARTS) is 2. The van der Waals surface area contributed by atoms with Gasteiger partial charge >= 0.3 is 11.9 Å². The minimum absolute atomic E-state index is 0.107. The number of nitrogens with one attached hydrogen (secondary N) is 9. The summed E-state index contributed by atoms with van der Waals surface area (Å²) in [5.41, 5.74) is 10.6. The van der Waals surface area contributed by atoms with E-state index < -0.39 is 164 Å². The molecular weight excluding hydrogens is 858 g/mol. The SMILES string of the molecule is CC(C)C[C@H](NC(=O)[C@@H](NC(=O)[C@H](CCC(N)=O)NC(=O)CNC(=O)[C@H](C)N)[C@@H](C)O)C(=O)N[C@H](C(=O)N[C@@H](C)C(=O)N[C@@H](CO)C(=O)NCC(=O)N[C@@H](CC(=O)O)C(=O)O)[C@@H](C)O. The number of nitrogens with two attached hydrogens (primary N) is 2. The van der Waals surface area contributed by atoms with Crippen LogP contribution in [-0.2, 0) is 57.5 Å². The average molecular weight is 920 g/mol. The van der Waals surface area contributed by atoms with Crippen LogP contribution in [-0.4, -0.2) is 177 Å². The zero-order valence-corrected chi connectivity index (χ0v) is 36.1. The Hall–Kier alpha value is -6.52. The standard InChI is InChI=1S/C36H61N11O17/c1-14(2)9-20(44-35(62)28(18(6)50)46-32(59)19(7-8-23(38)51)42-24(52)11-39-29(56)15(3)37)33(60)47-27(17(5)49)34(61)41-16(4)30(57)45-22(13-48)31(58)40-12-25(53)43-21(36(63)64)10-26(54)55/h14-22,27-28,48-50H,7-13,37H2,1-6H3,(H2,38,51)(H,39,56)(H,40,58)(H,41,61)(H,42,52)(H,43,53)(H,44,62)(H,45,57)(H,46,59)(H,47,60)(H,54,55)(H,63,64)/t15-,16-,17+,18+,19-,20-,21-,22-,27-,28-/m0/s1. The van der Waals surface area contributed by atoms with Crippen molar-refractivity contribution >= 4 is 71.0 Å². The lowest BCUT2D eigenvalue weighted by Gasteiger charge is -2.29. The van der Waals surface area contributed by atoms with E-state index in [9.17, 15) is 72.9 Å². The van der Waals surface area contributed by atoms with E-state index in [2.05, 4.69) is 37.2 Å². The Kier molecular flexibility index (Phi) is 25.4. The molecule has 0 fully saturated rings. The molecular formula is C36H61N11O17. The molecule has 0 rings (SSSR count). The minimum atomic E-state index is -1.82. The van der Waals surface area contributed by atoms with Crippen molar-refractivity contribution < 1.29 is 83.1 Å². The van der Waals surface area contributed by atoms with E-state index in [4.69, 9.17) is 21.7 Å². The van der Waals surface area contributed by atoms with Crippen molar-refractivity contribution in [3.05, 3.63) is 0 Å². The van der Waals surface area contributed by atoms with E-state index in [0.717, 1.165) is 20.8 Å². The highest BCUT2D eigenvalue weighted by molar-refractivity contribution is 5.98. The highest BCUT2D eigenvalue weighted by atomic mass is 16.4. The van der Waals surface area contributed by atoms with Crippen LogP contribution in [0.1, 0.15) is 67.2 Å². The lowest BCUT2D eigenvalue weighted by Crippen LogP contribution is -2.62. The minimum Gasteiger partial charge on any atom is -0.481 e. The van der Waals surface area contributed by atoms with Gasteiger partial charge in [-0.05, 0) is 46.5 Å². The lowest BCUT2D eigenvalue weighted by molar-refractivity contribution is -0.147. The van der Waals surface area contributed by atoms with Crippen molar-refractivity contribution in [2.45, 2.75) is 128 Å². The molecule has 0 aliphatic carbocycles. The molecule has 0 aromatic carbocycles. The third-order valence-corrected chi connectivity index (χ3v) is 8.64. The van der Waals surface area contributed by atoms with Crippen LogP contribution in [0.4, 0.5) is 0 Å². The van der Waals surface area contributed by atoms with Crippen LogP contribution in [0.5, 0.6) is 0 Å². The van der Waals surface area contributed by atoms with Crippen LogP contribution < -0.4 is 59.3 Å². The maximum absolute atomic E-state index is 13.6. The number of carboxylic acids is 2. The van der Waals surface area contributed by atoms with Gasteiger partial charge in [-0.25, -0.2) is 4.79 Å². The molecule has 0 bridgehead atoms.